The molecule has 0 N–H and O–H groups in total. The molecule has 1 unspecified atom stereocenters. The van der Waals surface area contributed by atoms with Gasteiger partial charge in [-0.25, -0.2) is 4.90 Å². The Balaban J connectivity index is 2.06. The molecule has 1 aliphatic heterocycles. The topological polar surface area (TPSA) is 89.8 Å². The molecule has 0 fully saturated rings. The van der Waals surface area contributed by atoms with Crippen molar-refractivity contribution in [2.45, 2.75) is 20.0 Å². The summed E-state index contributed by atoms with van der Waals surface area (Å²) < 4.78 is 5.71. The van der Waals surface area contributed by atoms with E-state index >= 15 is 0 Å². The van der Waals surface area contributed by atoms with Gasteiger partial charge >= 0.3 is 0 Å². The highest BCUT2D eigenvalue weighted by molar-refractivity contribution is 6.23. The maximum atomic E-state index is 12.9. The summed E-state index contributed by atoms with van der Waals surface area (Å²) in [6.45, 7) is 3.43. The van der Waals surface area contributed by atoms with E-state index in [1.54, 1.807) is 19.1 Å². The summed E-state index contributed by atoms with van der Waals surface area (Å²) >= 11 is 0. The first kappa shape index (κ1) is 17.3. The Bertz CT molecular complexity index is 918. The highest BCUT2D eigenvalue weighted by atomic mass is 16.6. The Morgan fingerprint density at radius 3 is 2.54 bits per heavy atom. The number of nitro benzene ring substituents is 1. The second kappa shape index (κ2) is 6.79. The molecule has 1 heterocycles. The van der Waals surface area contributed by atoms with Gasteiger partial charge in [0.05, 0.1) is 10.6 Å². The number of rotatable bonds is 3. The molecule has 3 rings (SSSR count). The van der Waals surface area contributed by atoms with Crippen molar-refractivity contribution in [3.63, 3.8) is 0 Å². The van der Waals surface area contributed by atoms with Gasteiger partial charge in [-0.15, -0.1) is 0 Å². The smallest absolute Gasteiger partial charge is 0.274 e. The Morgan fingerprint density at radius 1 is 1.23 bits per heavy atom. The highest BCUT2D eigenvalue weighted by Gasteiger charge is 2.37. The molecule has 2 aromatic rings. The van der Waals surface area contributed by atoms with Gasteiger partial charge in [0.1, 0.15) is 0 Å². The lowest BCUT2D eigenvalue weighted by Gasteiger charge is -2.32. The molecule has 0 bridgehead atoms. The van der Waals surface area contributed by atoms with Crippen LogP contribution in [0.4, 0.5) is 11.4 Å². The van der Waals surface area contributed by atoms with Gasteiger partial charge < -0.3 is 4.74 Å². The van der Waals surface area contributed by atoms with E-state index in [1.165, 1.54) is 24.3 Å². The van der Waals surface area contributed by atoms with E-state index in [9.17, 15) is 19.7 Å². The number of nitro groups is 1. The first-order valence-corrected chi connectivity index (χ1v) is 7.99. The van der Waals surface area contributed by atoms with Crippen LogP contribution >= 0.6 is 0 Å². The molecule has 0 aliphatic carbocycles. The van der Waals surface area contributed by atoms with Crippen LogP contribution in [0.2, 0.25) is 0 Å². The van der Waals surface area contributed by atoms with Crippen molar-refractivity contribution in [3.05, 3.63) is 69.8 Å². The van der Waals surface area contributed by atoms with Crippen molar-refractivity contribution < 1.29 is 19.2 Å². The molecule has 0 radical (unpaired) electrons. The van der Waals surface area contributed by atoms with Crippen molar-refractivity contribution in [1.29, 1.82) is 0 Å². The predicted molar refractivity (Wildman–Crippen MR) is 96.2 cm³/mol. The number of allylic oxidation sites excluding steroid dienone is 1. The van der Waals surface area contributed by atoms with Crippen molar-refractivity contribution in [2.24, 2.45) is 0 Å². The number of anilines is 1. The van der Waals surface area contributed by atoms with Crippen molar-refractivity contribution >= 4 is 29.3 Å². The molecule has 132 valence electrons. The molecule has 1 atom stereocenters. The Labute approximate surface area is 149 Å². The van der Waals surface area contributed by atoms with Crippen LogP contribution < -0.4 is 9.64 Å². The molecule has 0 spiro atoms. The summed E-state index contributed by atoms with van der Waals surface area (Å²) in [7, 11) is 0. The zero-order chi connectivity index (χ0) is 18.8. The van der Waals surface area contributed by atoms with Gasteiger partial charge in [0.15, 0.2) is 11.9 Å². The largest absolute Gasteiger partial charge is 0.478 e. The van der Waals surface area contributed by atoms with E-state index in [0.29, 0.717) is 11.4 Å². The third kappa shape index (κ3) is 2.95. The first-order chi connectivity index (χ1) is 12.4. The van der Waals surface area contributed by atoms with Gasteiger partial charge in [0, 0.05) is 23.3 Å². The monoisotopic (exact) mass is 352 g/mol. The summed E-state index contributed by atoms with van der Waals surface area (Å²) in [5, 5.41) is 10.8. The van der Waals surface area contributed by atoms with Crippen molar-refractivity contribution in [3.8, 4) is 5.75 Å². The Kier molecular flexibility index (Phi) is 4.53. The fraction of sp³-hybridized carbons (Fsp3) is 0.158. The first-order valence-electron chi connectivity index (χ1n) is 7.99. The molecule has 1 aliphatic rings. The van der Waals surface area contributed by atoms with E-state index < -0.39 is 22.8 Å². The summed E-state index contributed by atoms with van der Waals surface area (Å²) in [5.41, 5.74) is 1.16. The maximum absolute atomic E-state index is 12.9. The van der Waals surface area contributed by atoms with Crippen LogP contribution in [0.25, 0.3) is 6.08 Å². The molecule has 0 saturated carbocycles. The molecule has 0 aromatic heterocycles. The van der Waals surface area contributed by atoms with E-state index in [2.05, 4.69) is 0 Å². The third-order valence-electron chi connectivity index (χ3n) is 4.00. The number of benzene rings is 2. The van der Waals surface area contributed by atoms with Gasteiger partial charge in [0.25, 0.3) is 17.5 Å². The van der Waals surface area contributed by atoms with E-state index in [1.807, 2.05) is 25.1 Å². The van der Waals surface area contributed by atoms with Gasteiger partial charge in [-0.1, -0.05) is 24.3 Å². The van der Waals surface area contributed by atoms with Gasteiger partial charge in [-0.2, -0.15) is 0 Å². The van der Waals surface area contributed by atoms with Gasteiger partial charge in [-0.3, -0.25) is 19.7 Å². The second-order valence-corrected chi connectivity index (χ2v) is 5.74. The van der Waals surface area contributed by atoms with Crippen LogP contribution in [-0.4, -0.2) is 22.8 Å². The molecule has 2 amide bonds. The fourth-order valence-corrected chi connectivity index (χ4v) is 2.75. The van der Waals surface area contributed by atoms with Crippen LogP contribution in [0.1, 0.15) is 29.8 Å². The zero-order valence-corrected chi connectivity index (χ0v) is 14.2. The van der Waals surface area contributed by atoms with Crippen LogP contribution in [0.3, 0.4) is 0 Å². The molecule has 0 saturated heterocycles. The molecule has 26 heavy (non-hydrogen) atoms. The number of ether oxygens (including phenoxy) is 1. The molecular weight excluding hydrogens is 336 g/mol. The number of amides is 2. The summed E-state index contributed by atoms with van der Waals surface area (Å²) in [6, 6.07) is 10.3. The lowest BCUT2D eigenvalue weighted by Crippen LogP contribution is -2.47. The number of carbonyl (C=O) groups is 2. The maximum Gasteiger partial charge on any atom is 0.274 e. The number of imide groups is 1. The lowest BCUT2D eigenvalue weighted by molar-refractivity contribution is -0.384. The number of hydrogen-bond donors (Lipinski definition) is 0. The fourth-order valence-electron chi connectivity index (χ4n) is 2.75. The number of fused-ring (bicyclic) bond motifs is 1. The van der Waals surface area contributed by atoms with E-state index in [0.717, 1.165) is 10.5 Å². The van der Waals surface area contributed by atoms with Crippen molar-refractivity contribution in [1.82, 2.24) is 0 Å². The minimum absolute atomic E-state index is 0.126. The van der Waals surface area contributed by atoms with Crippen molar-refractivity contribution in [2.75, 3.05) is 4.90 Å². The predicted octanol–water partition coefficient (Wildman–Crippen LogP) is 3.58. The normalized spacial score (nSPS) is 16.3. The SMILES string of the molecule is CC=Cc1cccc2c1OC(C)C(=O)N2C(=O)c1ccc([N+](=O)[O-])cc1. The molecular formula is C19H16N2O5. The quantitative estimate of drug-likeness (QED) is 0.478. The summed E-state index contributed by atoms with van der Waals surface area (Å²) in [4.78, 5) is 36.8. The second-order valence-electron chi connectivity index (χ2n) is 5.74. The minimum atomic E-state index is -0.823. The minimum Gasteiger partial charge on any atom is -0.478 e. The van der Waals surface area contributed by atoms with Crippen LogP contribution in [-0.2, 0) is 4.79 Å². The number of nitrogens with zero attached hydrogens (tertiary/aromatic N) is 2. The Hall–Kier alpha value is -3.48. The average molecular weight is 352 g/mol. The van der Waals surface area contributed by atoms with Gasteiger partial charge in [-0.05, 0) is 32.0 Å². The lowest BCUT2D eigenvalue weighted by atomic mass is 10.1. The molecule has 7 heteroatoms. The summed E-state index contributed by atoms with van der Waals surface area (Å²) in [6.07, 6.45) is 2.84. The third-order valence-corrected chi connectivity index (χ3v) is 4.00. The zero-order valence-electron chi connectivity index (χ0n) is 14.2. The standard InChI is InChI=1S/C19H16N2O5/c1-3-5-13-6-4-7-16-17(13)26-12(2)18(22)20(16)19(23)14-8-10-15(11-9-14)21(24)25/h3-12H,1-2H3. The summed E-state index contributed by atoms with van der Waals surface area (Å²) in [5.74, 6) is -0.592. The van der Waals surface area contributed by atoms with E-state index in [-0.39, 0.29) is 11.3 Å². The van der Waals surface area contributed by atoms with Crippen LogP contribution in [0.15, 0.2) is 48.5 Å². The molecule has 7 nitrogen and oxygen atoms in total. The average Bonchev–Trinajstić information content (AvgIpc) is 2.63. The Morgan fingerprint density at radius 2 is 1.92 bits per heavy atom. The number of non-ortho nitro benzene ring substituents is 1. The van der Waals surface area contributed by atoms with E-state index in [4.69, 9.17) is 4.74 Å². The van der Waals surface area contributed by atoms with Crippen LogP contribution in [0.5, 0.6) is 5.75 Å². The molecule has 2 aromatic carbocycles. The number of para-hydroxylation sites is 1. The van der Waals surface area contributed by atoms with Gasteiger partial charge in [0.2, 0.25) is 0 Å². The highest BCUT2D eigenvalue weighted by Crippen LogP contribution is 2.38. The number of hydrogen-bond acceptors (Lipinski definition) is 5. The van der Waals surface area contributed by atoms with Crippen LogP contribution in [0, 0.1) is 10.1 Å². The number of carbonyl (C=O) groups excluding carboxylic acids is 2.